The SMILES string of the molecule is CN(C(=O)CNC(=O)c1cccc(S(=O)(=O)N(C)C)c1)C1CCc2ccccc21. The van der Waals surface area contributed by atoms with E-state index in [0.717, 1.165) is 22.7 Å². The third-order valence-electron chi connectivity index (χ3n) is 5.24. The number of likely N-dealkylation sites (N-methyl/N-ethyl adjacent to an activating group) is 1. The van der Waals surface area contributed by atoms with Crippen LogP contribution in [0.4, 0.5) is 0 Å². The summed E-state index contributed by atoms with van der Waals surface area (Å²) in [6, 6.07) is 13.8. The zero-order valence-corrected chi connectivity index (χ0v) is 17.6. The van der Waals surface area contributed by atoms with Gasteiger partial charge in [-0.05, 0) is 42.2 Å². The van der Waals surface area contributed by atoms with Crippen molar-refractivity contribution >= 4 is 21.8 Å². The number of rotatable bonds is 6. The molecule has 0 radical (unpaired) electrons. The minimum atomic E-state index is -3.64. The molecule has 3 rings (SSSR count). The van der Waals surface area contributed by atoms with Crippen molar-refractivity contribution in [3.05, 3.63) is 65.2 Å². The number of hydrogen-bond acceptors (Lipinski definition) is 4. The van der Waals surface area contributed by atoms with Crippen LogP contribution < -0.4 is 5.32 Å². The standard InChI is InChI=1S/C21H25N3O4S/c1-23(2)29(27,28)17-9-6-8-16(13-17)21(26)22-14-20(25)24(3)19-12-11-15-7-4-5-10-18(15)19/h4-10,13,19H,11-12,14H2,1-3H3,(H,22,26). The van der Waals surface area contributed by atoms with E-state index in [9.17, 15) is 18.0 Å². The van der Waals surface area contributed by atoms with E-state index in [1.165, 1.54) is 43.9 Å². The molecular formula is C21H25N3O4S. The highest BCUT2D eigenvalue weighted by Gasteiger charge is 2.28. The quantitative estimate of drug-likeness (QED) is 0.780. The summed E-state index contributed by atoms with van der Waals surface area (Å²) in [6.07, 6.45) is 1.79. The van der Waals surface area contributed by atoms with E-state index in [-0.39, 0.29) is 29.0 Å². The zero-order chi connectivity index (χ0) is 21.2. The molecule has 7 nitrogen and oxygen atoms in total. The summed E-state index contributed by atoms with van der Waals surface area (Å²) in [5, 5.41) is 2.60. The largest absolute Gasteiger partial charge is 0.343 e. The normalized spacial score (nSPS) is 15.8. The van der Waals surface area contributed by atoms with E-state index in [2.05, 4.69) is 11.4 Å². The molecule has 0 aliphatic heterocycles. The lowest BCUT2D eigenvalue weighted by Gasteiger charge is -2.25. The highest BCUT2D eigenvalue weighted by molar-refractivity contribution is 7.89. The maximum absolute atomic E-state index is 12.6. The van der Waals surface area contributed by atoms with Crippen LogP contribution >= 0.6 is 0 Å². The summed E-state index contributed by atoms with van der Waals surface area (Å²) in [4.78, 5) is 26.7. The van der Waals surface area contributed by atoms with E-state index in [1.807, 2.05) is 18.2 Å². The summed E-state index contributed by atoms with van der Waals surface area (Å²) >= 11 is 0. The summed E-state index contributed by atoms with van der Waals surface area (Å²) in [5.41, 5.74) is 2.59. The van der Waals surface area contributed by atoms with E-state index < -0.39 is 15.9 Å². The van der Waals surface area contributed by atoms with Gasteiger partial charge in [-0.3, -0.25) is 9.59 Å². The molecule has 1 N–H and O–H groups in total. The molecule has 29 heavy (non-hydrogen) atoms. The highest BCUT2D eigenvalue weighted by Crippen LogP contribution is 2.34. The first-order valence-electron chi connectivity index (χ1n) is 9.36. The molecule has 2 aromatic rings. The third kappa shape index (κ3) is 4.33. The van der Waals surface area contributed by atoms with Gasteiger partial charge >= 0.3 is 0 Å². The van der Waals surface area contributed by atoms with Crippen LogP contribution in [0.1, 0.15) is 33.9 Å². The van der Waals surface area contributed by atoms with Gasteiger partial charge in [-0.25, -0.2) is 12.7 Å². The van der Waals surface area contributed by atoms with Gasteiger partial charge in [0, 0.05) is 26.7 Å². The van der Waals surface area contributed by atoms with Gasteiger partial charge in [0.2, 0.25) is 15.9 Å². The highest BCUT2D eigenvalue weighted by atomic mass is 32.2. The molecule has 154 valence electrons. The molecule has 8 heteroatoms. The van der Waals surface area contributed by atoms with Crippen molar-refractivity contribution in [2.45, 2.75) is 23.8 Å². The van der Waals surface area contributed by atoms with Gasteiger partial charge in [0.05, 0.1) is 17.5 Å². The van der Waals surface area contributed by atoms with Crippen LogP contribution in [-0.4, -0.2) is 57.1 Å². The maximum atomic E-state index is 12.6. The lowest BCUT2D eigenvalue weighted by Crippen LogP contribution is -2.39. The first-order chi connectivity index (χ1) is 13.7. The number of amides is 2. The average molecular weight is 416 g/mol. The average Bonchev–Trinajstić information content (AvgIpc) is 3.15. The van der Waals surface area contributed by atoms with Crippen molar-refractivity contribution in [1.82, 2.24) is 14.5 Å². The monoisotopic (exact) mass is 415 g/mol. The minimum Gasteiger partial charge on any atom is -0.343 e. The van der Waals surface area contributed by atoms with Gasteiger partial charge in [-0.2, -0.15) is 0 Å². The molecule has 1 unspecified atom stereocenters. The number of hydrogen-bond donors (Lipinski definition) is 1. The first kappa shape index (κ1) is 21.0. The maximum Gasteiger partial charge on any atom is 0.251 e. The van der Waals surface area contributed by atoms with Crippen molar-refractivity contribution in [3.63, 3.8) is 0 Å². The van der Waals surface area contributed by atoms with Gasteiger partial charge in [0.15, 0.2) is 0 Å². The number of benzene rings is 2. The predicted octanol–water partition coefficient (Wildman–Crippen LogP) is 1.81. The van der Waals surface area contributed by atoms with Crippen molar-refractivity contribution in [3.8, 4) is 0 Å². The Labute approximate surface area is 171 Å². The number of carbonyl (C=O) groups is 2. The second-order valence-electron chi connectivity index (χ2n) is 7.26. The van der Waals surface area contributed by atoms with Crippen molar-refractivity contribution in [2.24, 2.45) is 0 Å². The summed E-state index contributed by atoms with van der Waals surface area (Å²) in [6.45, 7) is -0.154. The number of sulfonamides is 1. The van der Waals surface area contributed by atoms with Crippen LogP contribution in [0.5, 0.6) is 0 Å². The van der Waals surface area contributed by atoms with Crippen molar-refractivity contribution in [1.29, 1.82) is 0 Å². The van der Waals surface area contributed by atoms with Crippen LogP contribution in [-0.2, 0) is 21.2 Å². The van der Waals surface area contributed by atoms with Gasteiger partial charge in [-0.15, -0.1) is 0 Å². The molecule has 1 aliphatic carbocycles. The number of nitrogens with one attached hydrogen (secondary N) is 1. The minimum absolute atomic E-state index is 0.00386. The number of fused-ring (bicyclic) bond motifs is 1. The molecule has 2 amide bonds. The number of carbonyl (C=O) groups excluding carboxylic acids is 2. The smallest absolute Gasteiger partial charge is 0.251 e. The molecule has 0 aromatic heterocycles. The Bertz CT molecular complexity index is 1030. The summed E-state index contributed by atoms with van der Waals surface area (Å²) in [7, 11) is 0.959. The molecule has 0 bridgehead atoms. The van der Waals surface area contributed by atoms with E-state index in [0.29, 0.717) is 0 Å². The Morgan fingerprint density at radius 3 is 2.52 bits per heavy atom. The summed E-state index contributed by atoms with van der Waals surface area (Å²) in [5.74, 6) is -0.688. The van der Waals surface area contributed by atoms with Crippen molar-refractivity contribution < 1.29 is 18.0 Å². The Kier molecular flexibility index (Phi) is 6.04. The van der Waals surface area contributed by atoms with Crippen LogP contribution in [0.15, 0.2) is 53.4 Å². The topological polar surface area (TPSA) is 86.8 Å². The Hall–Kier alpha value is -2.71. The molecule has 1 aliphatic rings. The molecule has 0 saturated carbocycles. The molecule has 2 aromatic carbocycles. The van der Waals surface area contributed by atoms with Gasteiger partial charge in [0.1, 0.15) is 0 Å². The zero-order valence-electron chi connectivity index (χ0n) is 16.8. The third-order valence-corrected chi connectivity index (χ3v) is 7.05. The first-order valence-corrected chi connectivity index (χ1v) is 10.8. The Morgan fingerprint density at radius 1 is 1.07 bits per heavy atom. The van der Waals surface area contributed by atoms with Crippen LogP contribution in [0.3, 0.4) is 0 Å². The van der Waals surface area contributed by atoms with Crippen molar-refractivity contribution in [2.75, 3.05) is 27.7 Å². The second kappa shape index (κ2) is 8.34. The van der Waals surface area contributed by atoms with Gasteiger partial charge in [0.25, 0.3) is 5.91 Å². The number of aryl methyl sites for hydroxylation is 1. The number of nitrogens with zero attached hydrogens (tertiary/aromatic N) is 2. The van der Waals surface area contributed by atoms with E-state index >= 15 is 0 Å². The van der Waals surface area contributed by atoms with Gasteiger partial charge < -0.3 is 10.2 Å². The lowest BCUT2D eigenvalue weighted by atomic mass is 10.1. The Balaban J connectivity index is 1.65. The predicted molar refractivity (Wildman–Crippen MR) is 110 cm³/mol. The molecule has 1 atom stereocenters. The van der Waals surface area contributed by atoms with E-state index in [1.54, 1.807) is 11.9 Å². The molecular weight excluding hydrogens is 390 g/mol. The van der Waals surface area contributed by atoms with Crippen LogP contribution in [0, 0.1) is 0 Å². The Morgan fingerprint density at radius 2 is 1.79 bits per heavy atom. The molecule has 0 saturated heterocycles. The van der Waals surface area contributed by atoms with Crippen LogP contribution in [0.2, 0.25) is 0 Å². The molecule has 0 fully saturated rings. The lowest BCUT2D eigenvalue weighted by molar-refractivity contribution is -0.131. The van der Waals surface area contributed by atoms with Crippen LogP contribution in [0.25, 0.3) is 0 Å². The fourth-order valence-corrected chi connectivity index (χ4v) is 4.45. The molecule has 0 heterocycles. The fourth-order valence-electron chi connectivity index (χ4n) is 3.50. The second-order valence-corrected chi connectivity index (χ2v) is 9.41. The molecule has 0 spiro atoms. The van der Waals surface area contributed by atoms with E-state index in [4.69, 9.17) is 0 Å². The summed E-state index contributed by atoms with van der Waals surface area (Å²) < 4.78 is 25.6. The fraction of sp³-hybridized carbons (Fsp3) is 0.333. The van der Waals surface area contributed by atoms with Gasteiger partial charge in [-0.1, -0.05) is 30.3 Å².